The van der Waals surface area contributed by atoms with Crippen molar-refractivity contribution in [3.8, 4) is 0 Å². The van der Waals surface area contributed by atoms with E-state index in [1.165, 1.54) is 24.3 Å². The number of benzene rings is 2. The van der Waals surface area contributed by atoms with Crippen LogP contribution >= 0.6 is 0 Å². The summed E-state index contributed by atoms with van der Waals surface area (Å²) in [7, 11) is 0. The Morgan fingerprint density at radius 1 is 1.06 bits per heavy atom. The molecule has 0 aromatic heterocycles. The maximum absolute atomic E-state index is 13.5. The van der Waals surface area contributed by atoms with Crippen LogP contribution in [0.1, 0.15) is 18.1 Å². The van der Waals surface area contributed by atoms with E-state index in [2.05, 4.69) is 0 Å². The Hall–Kier alpha value is -1.74. The molecule has 0 aliphatic rings. The Balaban J connectivity index is 2.30. The summed E-state index contributed by atoms with van der Waals surface area (Å²) >= 11 is 0. The van der Waals surface area contributed by atoms with Gasteiger partial charge in [0.25, 0.3) is 0 Å². The Morgan fingerprint density at radius 2 is 1.78 bits per heavy atom. The van der Waals surface area contributed by atoms with Gasteiger partial charge in [0.2, 0.25) is 0 Å². The van der Waals surface area contributed by atoms with E-state index in [1.807, 2.05) is 0 Å². The first-order valence-electron chi connectivity index (χ1n) is 5.71. The minimum atomic E-state index is -1.30. The van der Waals surface area contributed by atoms with Crippen LogP contribution in [0.3, 0.4) is 0 Å². The van der Waals surface area contributed by atoms with E-state index in [0.717, 1.165) is 0 Å². The third kappa shape index (κ3) is 2.74. The van der Waals surface area contributed by atoms with Crippen molar-refractivity contribution >= 4 is 0 Å². The Labute approximate surface area is 105 Å². The first-order chi connectivity index (χ1) is 8.49. The van der Waals surface area contributed by atoms with Crippen molar-refractivity contribution in [2.45, 2.75) is 18.9 Å². The highest BCUT2D eigenvalue weighted by molar-refractivity contribution is 5.27. The summed E-state index contributed by atoms with van der Waals surface area (Å²) in [6, 6.07) is 12.0. The lowest BCUT2D eigenvalue weighted by atomic mass is 9.89. The van der Waals surface area contributed by atoms with Crippen molar-refractivity contribution in [2.24, 2.45) is 0 Å². The SMILES string of the molecule is CC(O)(Cc1ccccc1F)c1cccc(F)c1. The maximum Gasteiger partial charge on any atom is 0.126 e. The summed E-state index contributed by atoms with van der Waals surface area (Å²) in [5.41, 5.74) is -0.456. The molecule has 0 saturated heterocycles. The molecule has 18 heavy (non-hydrogen) atoms. The van der Waals surface area contributed by atoms with Crippen LogP contribution in [-0.2, 0) is 12.0 Å². The average molecular weight is 248 g/mol. The van der Waals surface area contributed by atoms with E-state index < -0.39 is 11.4 Å². The Morgan fingerprint density at radius 3 is 2.44 bits per heavy atom. The molecule has 1 N–H and O–H groups in total. The van der Waals surface area contributed by atoms with Crippen LogP contribution in [0.4, 0.5) is 8.78 Å². The molecule has 0 aliphatic heterocycles. The van der Waals surface area contributed by atoms with Gasteiger partial charge in [-0.25, -0.2) is 8.78 Å². The molecule has 1 nitrogen and oxygen atoms in total. The maximum atomic E-state index is 13.5. The summed E-state index contributed by atoms with van der Waals surface area (Å²) in [5, 5.41) is 10.4. The van der Waals surface area contributed by atoms with E-state index in [0.29, 0.717) is 11.1 Å². The molecule has 0 saturated carbocycles. The molecule has 1 atom stereocenters. The van der Waals surface area contributed by atoms with Gasteiger partial charge in [-0.2, -0.15) is 0 Å². The minimum Gasteiger partial charge on any atom is -0.385 e. The second kappa shape index (κ2) is 4.86. The molecule has 0 radical (unpaired) electrons. The second-order valence-electron chi connectivity index (χ2n) is 4.55. The highest BCUT2D eigenvalue weighted by atomic mass is 19.1. The second-order valence-corrected chi connectivity index (χ2v) is 4.55. The van der Waals surface area contributed by atoms with Gasteiger partial charge in [-0.1, -0.05) is 30.3 Å². The van der Waals surface area contributed by atoms with Crippen molar-refractivity contribution in [3.63, 3.8) is 0 Å². The average Bonchev–Trinajstić information content (AvgIpc) is 2.32. The van der Waals surface area contributed by atoms with Crippen LogP contribution in [-0.4, -0.2) is 5.11 Å². The topological polar surface area (TPSA) is 20.2 Å². The van der Waals surface area contributed by atoms with E-state index >= 15 is 0 Å². The lowest BCUT2D eigenvalue weighted by Gasteiger charge is -2.24. The predicted octanol–water partition coefficient (Wildman–Crippen LogP) is 3.42. The molecule has 0 bridgehead atoms. The summed E-state index contributed by atoms with van der Waals surface area (Å²) in [4.78, 5) is 0. The van der Waals surface area contributed by atoms with Crippen LogP contribution in [0.2, 0.25) is 0 Å². The lowest BCUT2D eigenvalue weighted by molar-refractivity contribution is 0.0563. The van der Waals surface area contributed by atoms with Gasteiger partial charge in [0.05, 0.1) is 5.60 Å². The van der Waals surface area contributed by atoms with Gasteiger partial charge in [0.1, 0.15) is 11.6 Å². The summed E-state index contributed by atoms with van der Waals surface area (Å²) in [5.74, 6) is -0.782. The van der Waals surface area contributed by atoms with Gasteiger partial charge < -0.3 is 5.11 Å². The first-order valence-corrected chi connectivity index (χ1v) is 5.71. The standard InChI is InChI=1S/C15H14F2O/c1-15(18,12-6-4-7-13(16)9-12)10-11-5-2-3-8-14(11)17/h2-9,18H,10H2,1H3. The quantitative estimate of drug-likeness (QED) is 0.882. The van der Waals surface area contributed by atoms with Crippen LogP contribution in [0.5, 0.6) is 0 Å². The van der Waals surface area contributed by atoms with Crippen molar-refractivity contribution in [3.05, 3.63) is 71.3 Å². The van der Waals surface area contributed by atoms with Gasteiger partial charge >= 0.3 is 0 Å². The van der Waals surface area contributed by atoms with Crippen molar-refractivity contribution in [1.29, 1.82) is 0 Å². The summed E-state index contributed by atoms with van der Waals surface area (Å²) < 4.78 is 26.7. The fourth-order valence-corrected chi connectivity index (χ4v) is 1.94. The van der Waals surface area contributed by atoms with Crippen molar-refractivity contribution in [2.75, 3.05) is 0 Å². The van der Waals surface area contributed by atoms with Crippen molar-refractivity contribution in [1.82, 2.24) is 0 Å². The molecule has 0 spiro atoms. The molecule has 3 heteroatoms. The van der Waals surface area contributed by atoms with Crippen LogP contribution in [0, 0.1) is 11.6 Å². The van der Waals surface area contributed by atoms with Crippen LogP contribution < -0.4 is 0 Å². The molecule has 2 rings (SSSR count). The monoisotopic (exact) mass is 248 g/mol. The number of hydrogen-bond acceptors (Lipinski definition) is 1. The van der Waals surface area contributed by atoms with Crippen LogP contribution in [0.15, 0.2) is 48.5 Å². The molecule has 2 aromatic rings. The van der Waals surface area contributed by atoms with E-state index in [4.69, 9.17) is 0 Å². The molecular formula is C15H14F2O. The fourth-order valence-electron chi connectivity index (χ4n) is 1.94. The first kappa shape index (κ1) is 12.7. The third-order valence-electron chi connectivity index (χ3n) is 2.94. The van der Waals surface area contributed by atoms with Gasteiger partial charge in [0.15, 0.2) is 0 Å². The molecular weight excluding hydrogens is 234 g/mol. The normalized spacial score (nSPS) is 14.2. The zero-order valence-electron chi connectivity index (χ0n) is 10.0. The molecule has 0 aliphatic carbocycles. The molecule has 0 amide bonds. The fraction of sp³-hybridized carbons (Fsp3) is 0.200. The van der Waals surface area contributed by atoms with E-state index in [-0.39, 0.29) is 12.2 Å². The Bertz CT molecular complexity index is 550. The summed E-state index contributed by atoms with van der Waals surface area (Å²) in [6.45, 7) is 1.55. The molecule has 94 valence electrons. The molecule has 0 fully saturated rings. The molecule has 2 aromatic carbocycles. The number of halogens is 2. The number of rotatable bonds is 3. The minimum absolute atomic E-state index is 0.100. The molecule has 0 heterocycles. The largest absolute Gasteiger partial charge is 0.385 e. The molecule has 1 unspecified atom stereocenters. The lowest BCUT2D eigenvalue weighted by Crippen LogP contribution is -2.25. The number of aliphatic hydroxyl groups is 1. The van der Waals surface area contributed by atoms with E-state index in [9.17, 15) is 13.9 Å². The predicted molar refractivity (Wildman–Crippen MR) is 66.1 cm³/mol. The highest BCUT2D eigenvalue weighted by Gasteiger charge is 2.25. The van der Waals surface area contributed by atoms with Gasteiger partial charge in [-0.15, -0.1) is 0 Å². The zero-order chi connectivity index (χ0) is 13.2. The Kier molecular flexibility index (Phi) is 3.43. The van der Waals surface area contributed by atoms with Gasteiger partial charge in [-0.3, -0.25) is 0 Å². The van der Waals surface area contributed by atoms with Crippen molar-refractivity contribution < 1.29 is 13.9 Å². The van der Waals surface area contributed by atoms with E-state index in [1.54, 1.807) is 31.2 Å². The number of hydrogen-bond donors (Lipinski definition) is 1. The zero-order valence-corrected chi connectivity index (χ0v) is 10.0. The third-order valence-corrected chi connectivity index (χ3v) is 2.94. The summed E-state index contributed by atoms with van der Waals surface area (Å²) in [6.07, 6.45) is 0.100. The van der Waals surface area contributed by atoms with Gasteiger partial charge in [0, 0.05) is 6.42 Å². The van der Waals surface area contributed by atoms with Gasteiger partial charge in [-0.05, 0) is 36.2 Å². The highest BCUT2D eigenvalue weighted by Crippen LogP contribution is 2.26. The smallest absolute Gasteiger partial charge is 0.126 e. The van der Waals surface area contributed by atoms with Crippen LogP contribution in [0.25, 0.3) is 0 Å².